The van der Waals surface area contributed by atoms with Gasteiger partial charge in [-0.1, -0.05) is 24.8 Å². The van der Waals surface area contributed by atoms with Crippen LogP contribution in [0.15, 0.2) is 61.4 Å². The molecule has 2 aromatic heterocycles. The Morgan fingerprint density at radius 2 is 2.00 bits per heavy atom. The van der Waals surface area contributed by atoms with E-state index in [1.54, 1.807) is 48.8 Å². The van der Waals surface area contributed by atoms with E-state index in [1.807, 2.05) is 12.1 Å². The van der Waals surface area contributed by atoms with Gasteiger partial charge in [0.2, 0.25) is 0 Å². The normalized spacial score (nSPS) is 10.2. The molecule has 0 saturated carbocycles. The number of aromatic hydroxyl groups is 1. The summed E-state index contributed by atoms with van der Waals surface area (Å²) in [6.07, 6.45) is 5.61. The number of rotatable bonds is 6. The van der Waals surface area contributed by atoms with Gasteiger partial charge in [-0.3, -0.25) is 9.78 Å². The van der Waals surface area contributed by atoms with Gasteiger partial charge in [0.1, 0.15) is 23.8 Å². The van der Waals surface area contributed by atoms with Crippen molar-refractivity contribution in [3.8, 4) is 22.8 Å². The summed E-state index contributed by atoms with van der Waals surface area (Å²) < 4.78 is 5.86. The van der Waals surface area contributed by atoms with Crippen LogP contribution in [0, 0.1) is 0 Å². The van der Waals surface area contributed by atoms with Gasteiger partial charge >= 0.3 is 0 Å². The number of phenols is 1. The Kier molecular flexibility index (Phi) is 4.85. The summed E-state index contributed by atoms with van der Waals surface area (Å²) in [6.45, 7) is 3.96. The SMILES string of the molecule is C=Cc1c(O)cccc1OCc1ccncc1-c1cccc(C=O)n1. The predicted molar refractivity (Wildman–Crippen MR) is 95.4 cm³/mol. The second-order valence-electron chi connectivity index (χ2n) is 5.28. The molecule has 0 radical (unpaired) electrons. The number of carbonyl (C=O) groups excluding carboxylic acids is 1. The zero-order chi connectivity index (χ0) is 17.6. The van der Waals surface area contributed by atoms with E-state index < -0.39 is 0 Å². The van der Waals surface area contributed by atoms with Gasteiger partial charge in [0, 0.05) is 23.5 Å². The summed E-state index contributed by atoms with van der Waals surface area (Å²) in [5.41, 5.74) is 3.20. The molecular weight excluding hydrogens is 316 g/mol. The van der Waals surface area contributed by atoms with E-state index in [2.05, 4.69) is 16.5 Å². The lowest BCUT2D eigenvalue weighted by Gasteiger charge is -2.13. The Bertz CT molecular complexity index is 922. The standard InChI is InChI=1S/C20H16N2O3/c1-2-16-19(24)7-4-8-20(16)25-13-14-9-10-21-11-17(14)18-6-3-5-15(12-23)22-18/h2-12,24H,1,13H2. The molecule has 3 rings (SSSR count). The number of phenolic OH excluding ortho intramolecular Hbond substituents is 1. The van der Waals surface area contributed by atoms with Gasteiger partial charge in [0.15, 0.2) is 6.29 Å². The Balaban J connectivity index is 1.91. The largest absolute Gasteiger partial charge is 0.507 e. The molecule has 0 unspecified atom stereocenters. The minimum absolute atomic E-state index is 0.114. The molecule has 2 heterocycles. The van der Waals surface area contributed by atoms with E-state index in [1.165, 1.54) is 0 Å². The Hall–Kier alpha value is -3.47. The third kappa shape index (κ3) is 3.55. The fourth-order valence-electron chi connectivity index (χ4n) is 2.47. The highest BCUT2D eigenvalue weighted by Crippen LogP contribution is 2.30. The molecule has 0 fully saturated rings. The summed E-state index contributed by atoms with van der Waals surface area (Å²) in [5, 5.41) is 9.87. The van der Waals surface area contributed by atoms with Crippen LogP contribution in [0.1, 0.15) is 21.6 Å². The van der Waals surface area contributed by atoms with Crippen molar-refractivity contribution in [2.45, 2.75) is 6.61 Å². The van der Waals surface area contributed by atoms with Crippen LogP contribution < -0.4 is 4.74 Å². The van der Waals surface area contributed by atoms with Crippen molar-refractivity contribution in [3.63, 3.8) is 0 Å². The van der Waals surface area contributed by atoms with Crippen LogP contribution in [0.25, 0.3) is 17.3 Å². The summed E-state index contributed by atoms with van der Waals surface area (Å²) in [7, 11) is 0. The number of ether oxygens (including phenoxy) is 1. The number of aromatic nitrogens is 2. The first-order chi connectivity index (χ1) is 12.2. The second kappa shape index (κ2) is 7.40. The van der Waals surface area contributed by atoms with Crippen molar-refractivity contribution in [3.05, 3.63) is 78.3 Å². The van der Waals surface area contributed by atoms with Crippen LogP contribution in [0.3, 0.4) is 0 Å². The first kappa shape index (κ1) is 16.4. The average Bonchev–Trinajstić information content (AvgIpc) is 2.66. The minimum Gasteiger partial charge on any atom is -0.507 e. The molecule has 0 bridgehead atoms. The van der Waals surface area contributed by atoms with E-state index in [0.717, 1.165) is 11.1 Å². The fraction of sp³-hybridized carbons (Fsp3) is 0.0500. The zero-order valence-electron chi connectivity index (χ0n) is 13.4. The van der Waals surface area contributed by atoms with Crippen LogP contribution in [0.2, 0.25) is 0 Å². The monoisotopic (exact) mass is 332 g/mol. The molecule has 124 valence electrons. The zero-order valence-corrected chi connectivity index (χ0v) is 13.4. The van der Waals surface area contributed by atoms with Crippen molar-refractivity contribution in [1.29, 1.82) is 0 Å². The third-order valence-corrected chi connectivity index (χ3v) is 3.71. The smallest absolute Gasteiger partial charge is 0.168 e. The lowest BCUT2D eigenvalue weighted by atomic mass is 10.1. The minimum atomic E-state index is 0.114. The molecule has 0 spiro atoms. The average molecular weight is 332 g/mol. The lowest BCUT2D eigenvalue weighted by molar-refractivity contribution is 0.111. The molecule has 0 amide bonds. The topological polar surface area (TPSA) is 72.3 Å². The number of carbonyl (C=O) groups is 1. The second-order valence-corrected chi connectivity index (χ2v) is 5.28. The molecule has 1 N–H and O–H groups in total. The number of nitrogens with zero attached hydrogens (tertiary/aromatic N) is 2. The van der Waals surface area contributed by atoms with Crippen molar-refractivity contribution in [2.75, 3.05) is 0 Å². The molecule has 0 aliphatic rings. The maximum Gasteiger partial charge on any atom is 0.168 e. The number of pyridine rings is 2. The summed E-state index contributed by atoms with van der Waals surface area (Å²) >= 11 is 0. The molecule has 0 aliphatic carbocycles. The van der Waals surface area contributed by atoms with Gasteiger partial charge in [-0.15, -0.1) is 0 Å². The maximum atomic E-state index is 11.0. The molecule has 0 saturated heterocycles. The lowest BCUT2D eigenvalue weighted by Crippen LogP contribution is -2.01. The third-order valence-electron chi connectivity index (χ3n) is 3.71. The summed E-state index contributed by atoms with van der Waals surface area (Å²) in [4.78, 5) is 19.4. The van der Waals surface area contributed by atoms with Gasteiger partial charge < -0.3 is 9.84 Å². The van der Waals surface area contributed by atoms with Crippen LogP contribution in [0.4, 0.5) is 0 Å². The number of benzene rings is 1. The van der Waals surface area contributed by atoms with Gasteiger partial charge in [-0.25, -0.2) is 4.98 Å². The highest BCUT2D eigenvalue weighted by molar-refractivity contribution is 5.74. The number of aldehydes is 1. The highest BCUT2D eigenvalue weighted by atomic mass is 16.5. The first-order valence-electron chi connectivity index (χ1n) is 7.65. The predicted octanol–water partition coefficient (Wildman–Crippen LogP) is 3.88. The quantitative estimate of drug-likeness (QED) is 0.694. The molecular formula is C20H16N2O3. The Morgan fingerprint density at radius 3 is 2.80 bits per heavy atom. The van der Waals surface area contributed by atoms with Crippen LogP contribution in [0.5, 0.6) is 11.5 Å². The van der Waals surface area contributed by atoms with E-state index in [-0.39, 0.29) is 12.4 Å². The van der Waals surface area contributed by atoms with Crippen molar-refractivity contribution >= 4 is 12.4 Å². The van der Waals surface area contributed by atoms with Crippen molar-refractivity contribution in [1.82, 2.24) is 9.97 Å². The van der Waals surface area contributed by atoms with Crippen LogP contribution in [-0.2, 0) is 6.61 Å². The fourth-order valence-corrected chi connectivity index (χ4v) is 2.47. The van der Waals surface area contributed by atoms with Crippen molar-refractivity contribution in [2.24, 2.45) is 0 Å². The van der Waals surface area contributed by atoms with Gasteiger partial charge in [0.25, 0.3) is 0 Å². The van der Waals surface area contributed by atoms with Gasteiger partial charge in [0.05, 0.1) is 11.3 Å². The van der Waals surface area contributed by atoms with E-state index >= 15 is 0 Å². The molecule has 0 aliphatic heterocycles. The van der Waals surface area contributed by atoms with Gasteiger partial charge in [-0.05, 0) is 30.3 Å². The molecule has 1 aromatic carbocycles. The van der Waals surface area contributed by atoms with E-state index in [4.69, 9.17) is 4.74 Å². The van der Waals surface area contributed by atoms with E-state index in [9.17, 15) is 9.90 Å². The Labute approximate surface area is 145 Å². The maximum absolute atomic E-state index is 11.0. The first-order valence-corrected chi connectivity index (χ1v) is 7.65. The molecule has 25 heavy (non-hydrogen) atoms. The van der Waals surface area contributed by atoms with Crippen LogP contribution in [-0.4, -0.2) is 21.4 Å². The summed E-state index contributed by atoms with van der Waals surface area (Å²) in [6, 6.07) is 12.1. The highest BCUT2D eigenvalue weighted by Gasteiger charge is 2.10. The van der Waals surface area contributed by atoms with Crippen molar-refractivity contribution < 1.29 is 14.6 Å². The molecule has 0 atom stereocenters. The Morgan fingerprint density at radius 1 is 1.16 bits per heavy atom. The number of hydrogen-bond acceptors (Lipinski definition) is 5. The number of hydrogen-bond donors (Lipinski definition) is 1. The molecule has 5 heteroatoms. The summed E-state index contributed by atoms with van der Waals surface area (Å²) in [5.74, 6) is 0.648. The van der Waals surface area contributed by atoms with Crippen LogP contribution >= 0.6 is 0 Å². The van der Waals surface area contributed by atoms with Gasteiger partial charge in [-0.2, -0.15) is 0 Å². The molecule has 3 aromatic rings. The molecule has 5 nitrogen and oxygen atoms in total. The van der Waals surface area contributed by atoms with E-state index in [0.29, 0.717) is 29.0 Å².